The number of benzene rings is 1. The number of rotatable bonds is 5. The Hall–Kier alpha value is -1.46. The molecule has 1 aliphatic carbocycles. The summed E-state index contributed by atoms with van der Waals surface area (Å²) in [6.45, 7) is 0. The minimum Gasteiger partial charge on any atom is -0.469 e. The van der Waals surface area contributed by atoms with Crippen molar-refractivity contribution in [1.82, 2.24) is 0 Å². The van der Waals surface area contributed by atoms with Crippen LogP contribution in [0, 0.1) is 5.82 Å². The highest BCUT2D eigenvalue weighted by molar-refractivity contribution is 5.70. The Labute approximate surface area is 123 Å². The lowest BCUT2D eigenvalue weighted by atomic mass is 9.93. The molecule has 0 aromatic heterocycles. The van der Waals surface area contributed by atoms with Gasteiger partial charge in [0.25, 0.3) is 0 Å². The van der Waals surface area contributed by atoms with Crippen molar-refractivity contribution >= 4 is 5.97 Å². The molecule has 0 amide bonds. The van der Waals surface area contributed by atoms with E-state index in [1.807, 2.05) is 0 Å². The van der Waals surface area contributed by atoms with Crippen LogP contribution in [-0.2, 0) is 14.3 Å². The Bertz CT molecular complexity index is 483. The first-order chi connectivity index (χ1) is 10.0. The zero-order valence-corrected chi connectivity index (χ0v) is 12.2. The molecule has 1 aliphatic rings. The van der Waals surface area contributed by atoms with E-state index in [9.17, 15) is 14.3 Å². The molecule has 0 bridgehead atoms. The molecule has 1 aromatic carbocycles. The molecule has 0 unspecified atom stereocenters. The van der Waals surface area contributed by atoms with Crippen molar-refractivity contribution in [2.24, 2.45) is 0 Å². The van der Waals surface area contributed by atoms with Crippen LogP contribution in [0.5, 0.6) is 0 Å². The van der Waals surface area contributed by atoms with E-state index in [1.54, 1.807) is 18.2 Å². The van der Waals surface area contributed by atoms with Gasteiger partial charge in [-0.2, -0.15) is 0 Å². The second-order valence-corrected chi connectivity index (χ2v) is 5.42. The van der Waals surface area contributed by atoms with Crippen molar-refractivity contribution in [1.29, 1.82) is 0 Å². The molecule has 0 spiro atoms. The van der Waals surface area contributed by atoms with Gasteiger partial charge in [0.05, 0.1) is 19.6 Å². The molecule has 4 nitrogen and oxygen atoms in total. The van der Waals surface area contributed by atoms with Gasteiger partial charge in [-0.25, -0.2) is 4.39 Å². The molecule has 21 heavy (non-hydrogen) atoms. The fourth-order valence-corrected chi connectivity index (χ4v) is 2.67. The molecule has 0 heterocycles. The molecule has 5 heteroatoms. The number of halogens is 1. The fourth-order valence-electron chi connectivity index (χ4n) is 2.67. The molecule has 1 atom stereocenters. The first-order valence-corrected chi connectivity index (χ1v) is 7.25. The summed E-state index contributed by atoms with van der Waals surface area (Å²) in [7, 11) is 1.27. The summed E-state index contributed by atoms with van der Waals surface area (Å²) in [6, 6.07) is 6.13. The zero-order valence-electron chi connectivity index (χ0n) is 12.2. The molecule has 0 aliphatic heterocycles. The van der Waals surface area contributed by atoms with Crippen LogP contribution in [0.3, 0.4) is 0 Å². The van der Waals surface area contributed by atoms with Crippen molar-refractivity contribution in [3.63, 3.8) is 0 Å². The van der Waals surface area contributed by atoms with E-state index in [4.69, 9.17) is 4.74 Å². The predicted octanol–water partition coefficient (Wildman–Crippen LogP) is 3.10. The van der Waals surface area contributed by atoms with E-state index >= 15 is 0 Å². The quantitative estimate of drug-likeness (QED) is 0.670. The van der Waals surface area contributed by atoms with Gasteiger partial charge in [0, 0.05) is 18.4 Å². The van der Waals surface area contributed by atoms with Gasteiger partial charge in [0.1, 0.15) is 5.82 Å². The topological polar surface area (TPSA) is 55.8 Å². The normalized spacial score (nSPS) is 19.0. The van der Waals surface area contributed by atoms with E-state index in [-0.39, 0.29) is 12.0 Å². The van der Waals surface area contributed by atoms with Crippen molar-refractivity contribution in [2.75, 3.05) is 7.11 Å². The maximum absolute atomic E-state index is 14.0. The Balaban J connectivity index is 2.19. The van der Waals surface area contributed by atoms with Crippen LogP contribution in [0.4, 0.5) is 4.39 Å². The Morgan fingerprint density at radius 3 is 2.62 bits per heavy atom. The standard InChI is InChI=1S/C16H21FO4/c1-20-15(18)11-14(12-7-3-4-8-13(12)17)21-16(19)9-5-2-6-10-16/h3-4,7-8,14,19H,2,5-6,9-11H2,1H3/t14-/m1/s1. The molecule has 1 fully saturated rings. The second kappa shape index (κ2) is 7.00. The highest BCUT2D eigenvalue weighted by atomic mass is 19.1. The highest BCUT2D eigenvalue weighted by Crippen LogP contribution is 2.36. The number of carbonyl (C=O) groups is 1. The van der Waals surface area contributed by atoms with Crippen LogP contribution in [0.1, 0.15) is 50.2 Å². The van der Waals surface area contributed by atoms with Gasteiger partial charge in [-0.1, -0.05) is 24.6 Å². The first kappa shape index (κ1) is 15.9. The molecule has 1 aromatic rings. The lowest BCUT2D eigenvalue weighted by Gasteiger charge is -2.35. The molecule has 0 radical (unpaired) electrons. The molecule has 0 saturated heterocycles. The van der Waals surface area contributed by atoms with Crippen LogP contribution in [0.15, 0.2) is 24.3 Å². The van der Waals surface area contributed by atoms with Gasteiger partial charge in [0.2, 0.25) is 0 Å². The number of aliphatic hydroxyl groups is 1. The van der Waals surface area contributed by atoms with Gasteiger partial charge < -0.3 is 14.6 Å². The van der Waals surface area contributed by atoms with E-state index in [0.717, 1.165) is 19.3 Å². The third-order valence-corrected chi connectivity index (χ3v) is 3.83. The average Bonchev–Trinajstić information content (AvgIpc) is 2.47. The summed E-state index contributed by atoms with van der Waals surface area (Å²) in [5.74, 6) is -2.24. The van der Waals surface area contributed by atoms with Crippen molar-refractivity contribution < 1.29 is 23.8 Å². The summed E-state index contributed by atoms with van der Waals surface area (Å²) < 4.78 is 24.3. The van der Waals surface area contributed by atoms with Gasteiger partial charge in [-0.05, 0) is 18.9 Å². The zero-order chi connectivity index (χ0) is 15.3. The summed E-state index contributed by atoms with van der Waals surface area (Å²) in [5.41, 5.74) is 0.266. The lowest BCUT2D eigenvalue weighted by Crippen LogP contribution is -2.36. The van der Waals surface area contributed by atoms with E-state index in [0.29, 0.717) is 12.8 Å². The SMILES string of the molecule is COC(=O)C[C@@H](OC1(O)CCCCC1)c1ccccc1F. The van der Waals surface area contributed by atoms with Crippen molar-refractivity contribution in [3.05, 3.63) is 35.6 Å². The predicted molar refractivity (Wildman–Crippen MR) is 74.9 cm³/mol. The van der Waals surface area contributed by atoms with Gasteiger partial charge in [0.15, 0.2) is 5.79 Å². The average molecular weight is 296 g/mol. The molecule has 1 N–H and O–H groups in total. The number of hydrogen-bond donors (Lipinski definition) is 1. The van der Waals surface area contributed by atoms with Crippen LogP contribution < -0.4 is 0 Å². The third kappa shape index (κ3) is 4.25. The maximum atomic E-state index is 14.0. The van der Waals surface area contributed by atoms with E-state index in [1.165, 1.54) is 13.2 Å². The summed E-state index contributed by atoms with van der Waals surface area (Å²) in [6.07, 6.45) is 2.80. The fraction of sp³-hybridized carbons (Fsp3) is 0.562. The van der Waals surface area contributed by atoms with Crippen LogP contribution in [-0.4, -0.2) is 24.0 Å². The minimum atomic E-state index is -1.29. The number of methoxy groups -OCH3 is 1. The van der Waals surface area contributed by atoms with Gasteiger partial charge in [-0.15, -0.1) is 0 Å². The number of esters is 1. The summed E-state index contributed by atoms with van der Waals surface area (Å²) >= 11 is 0. The smallest absolute Gasteiger partial charge is 0.308 e. The summed E-state index contributed by atoms with van der Waals surface area (Å²) in [5, 5.41) is 10.5. The second-order valence-electron chi connectivity index (χ2n) is 5.42. The largest absolute Gasteiger partial charge is 0.469 e. The monoisotopic (exact) mass is 296 g/mol. The minimum absolute atomic E-state index is 0.125. The highest BCUT2D eigenvalue weighted by Gasteiger charge is 2.35. The van der Waals surface area contributed by atoms with Gasteiger partial charge in [-0.3, -0.25) is 4.79 Å². The van der Waals surface area contributed by atoms with E-state index in [2.05, 4.69) is 4.74 Å². The first-order valence-electron chi connectivity index (χ1n) is 7.25. The number of hydrogen-bond acceptors (Lipinski definition) is 4. The molecule has 1 saturated carbocycles. The molecule has 2 rings (SSSR count). The van der Waals surface area contributed by atoms with Gasteiger partial charge >= 0.3 is 5.97 Å². The van der Waals surface area contributed by atoms with Crippen LogP contribution in [0.2, 0.25) is 0 Å². The molecule has 116 valence electrons. The van der Waals surface area contributed by atoms with Crippen LogP contribution >= 0.6 is 0 Å². The van der Waals surface area contributed by atoms with Crippen LogP contribution in [0.25, 0.3) is 0 Å². The Morgan fingerprint density at radius 2 is 2.00 bits per heavy atom. The Morgan fingerprint density at radius 1 is 1.33 bits per heavy atom. The Kier molecular flexibility index (Phi) is 5.31. The number of ether oxygens (including phenoxy) is 2. The number of carbonyl (C=O) groups excluding carboxylic acids is 1. The molecular weight excluding hydrogens is 275 g/mol. The van der Waals surface area contributed by atoms with E-state index < -0.39 is 23.7 Å². The third-order valence-electron chi connectivity index (χ3n) is 3.83. The maximum Gasteiger partial charge on any atom is 0.308 e. The summed E-state index contributed by atoms with van der Waals surface area (Å²) in [4.78, 5) is 11.5. The van der Waals surface area contributed by atoms with Crippen molar-refractivity contribution in [3.8, 4) is 0 Å². The molecular formula is C16H21FO4. The van der Waals surface area contributed by atoms with Crippen molar-refractivity contribution in [2.45, 2.75) is 50.4 Å². The lowest BCUT2D eigenvalue weighted by molar-refractivity contribution is -0.248.